The molecule has 0 aliphatic rings. The Morgan fingerprint density at radius 1 is 0.341 bits per heavy atom. The van der Waals surface area contributed by atoms with Crippen molar-refractivity contribution in [3.8, 4) is 16.9 Å². The molecule has 0 aliphatic carbocycles. The van der Waals surface area contributed by atoms with Gasteiger partial charge in [-0.15, -0.1) is 0 Å². The van der Waals surface area contributed by atoms with Crippen LogP contribution in [-0.2, 0) is 0 Å². The molecule has 0 heterocycles. The Morgan fingerprint density at radius 2 is 0.727 bits per heavy atom. The van der Waals surface area contributed by atoms with Crippen molar-refractivity contribution in [1.82, 2.24) is 0 Å². The van der Waals surface area contributed by atoms with Gasteiger partial charge in [-0.2, -0.15) is 0 Å². The fraction of sp³-hybridized carbons (Fsp3) is 0.0244. The molecule has 0 atom stereocenters. The van der Waals surface area contributed by atoms with Gasteiger partial charge in [0.25, 0.3) is 0 Å². The van der Waals surface area contributed by atoms with E-state index in [2.05, 4.69) is 168 Å². The molecule has 0 radical (unpaired) electrons. The topological polar surface area (TPSA) is 15.7 Å². The van der Waals surface area contributed by atoms with Crippen LogP contribution in [0.3, 0.4) is 0 Å². The quantitative estimate of drug-likeness (QED) is 0.181. The molecule has 0 saturated carbocycles. The highest BCUT2D eigenvalue weighted by Crippen LogP contribution is 2.38. The van der Waals surface area contributed by atoms with E-state index < -0.39 is 0 Å². The molecule has 0 amide bonds. The monoisotopic (exact) mass is 568 g/mol. The van der Waals surface area contributed by atoms with Crippen LogP contribution >= 0.6 is 0 Å². The average Bonchev–Trinajstić information content (AvgIpc) is 3.10. The molecule has 7 aromatic carbocycles. The number of methoxy groups -OCH3 is 1. The Morgan fingerprint density at radius 3 is 1.23 bits per heavy atom. The Bertz CT molecular complexity index is 1970. The van der Waals surface area contributed by atoms with Gasteiger partial charge in [-0.1, -0.05) is 91.0 Å². The molecular weight excluding hydrogens is 536 g/mol. The number of ether oxygens (including phenoxy) is 1. The lowest BCUT2D eigenvalue weighted by Gasteiger charge is -2.26. The minimum atomic E-state index is 0.840. The first-order valence-corrected chi connectivity index (χ1v) is 14.8. The number of hydrogen-bond acceptors (Lipinski definition) is 3. The van der Waals surface area contributed by atoms with Crippen LogP contribution in [0.5, 0.6) is 5.75 Å². The number of benzene rings is 7. The molecule has 0 N–H and O–H groups in total. The highest BCUT2D eigenvalue weighted by Gasteiger charge is 2.15. The second-order valence-electron chi connectivity index (χ2n) is 10.7. The molecule has 0 aliphatic heterocycles. The van der Waals surface area contributed by atoms with E-state index in [0.29, 0.717) is 0 Å². The van der Waals surface area contributed by atoms with Gasteiger partial charge in [0, 0.05) is 34.1 Å². The van der Waals surface area contributed by atoms with Crippen LogP contribution in [0.2, 0.25) is 0 Å². The van der Waals surface area contributed by atoms with E-state index in [1.165, 1.54) is 21.9 Å². The van der Waals surface area contributed by atoms with Crippen LogP contribution < -0.4 is 14.5 Å². The normalized spacial score (nSPS) is 10.8. The smallest absolute Gasteiger partial charge is 0.119 e. The first-order valence-electron chi connectivity index (χ1n) is 14.8. The lowest BCUT2D eigenvalue weighted by Crippen LogP contribution is -2.10. The van der Waals surface area contributed by atoms with E-state index in [1.807, 2.05) is 18.2 Å². The van der Waals surface area contributed by atoms with E-state index in [4.69, 9.17) is 4.74 Å². The summed E-state index contributed by atoms with van der Waals surface area (Å²) in [7, 11) is 1.69. The van der Waals surface area contributed by atoms with E-state index in [0.717, 1.165) is 39.9 Å². The number of hydrogen-bond donors (Lipinski definition) is 0. The Hall–Kier alpha value is -5.80. The van der Waals surface area contributed by atoms with Crippen LogP contribution in [-0.4, -0.2) is 7.11 Å². The molecule has 0 aromatic heterocycles. The maximum absolute atomic E-state index is 5.39. The zero-order valence-electron chi connectivity index (χ0n) is 24.5. The van der Waals surface area contributed by atoms with Crippen LogP contribution in [0.4, 0.5) is 34.1 Å². The zero-order chi connectivity index (χ0) is 29.7. The van der Waals surface area contributed by atoms with Crippen molar-refractivity contribution in [2.75, 3.05) is 16.9 Å². The molecule has 0 fully saturated rings. The van der Waals surface area contributed by atoms with Gasteiger partial charge >= 0.3 is 0 Å². The molecule has 7 rings (SSSR count). The van der Waals surface area contributed by atoms with Gasteiger partial charge in [0.05, 0.1) is 7.11 Å². The third kappa shape index (κ3) is 5.51. The molecule has 0 unspecified atom stereocenters. The predicted molar refractivity (Wildman–Crippen MR) is 185 cm³/mol. The molecule has 0 saturated heterocycles. The molecule has 7 aromatic rings. The number of fused-ring (bicyclic) bond motifs is 1. The van der Waals surface area contributed by atoms with Gasteiger partial charge in [-0.25, -0.2) is 0 Å². The molecule has 212 valence electrons. The molecule has 3 heteroatoms. The first-order chi connectivity index (χ1) is 21.8. The molecule has 44 heavy (non-hydrogen) atoms. The maximum atomic E-state index is 5.39. The van der Waals surface area contributed by atoms with Crippen LogP contribution in [0.1, 0.15) is 0 Å². The zero-order valence-corrected chi connectivity index (χ0v) is 24.5. The highest BCUT2D eigenvalue weighted by molar-refractivity contribution is 5.89. The third-order valence-electron chi connectivity index (χ3n) is 7.93. The van der Waals surface area contributed by atoms with Crippen LogP contribution in [0.25, 0.3) is 21.9 Å². The van der Waals surface area contributed by atoms with Gasteiger partial charge in [0.15, 0.2) is 0 Å². The second kappa shape index (κ2) is 12.2. The van der Waals surface area contributed by atoms with Crippen molar-refractivity contribution in [3.63, 3.8) is 0 Å². The number of nitrogens with zero attached hydrogens (tertiary/aromatic N) is 2. The average molecular weight is 569 g/mol. The predicted octanol–water partition coefficient (Wildman–Crippen LogP) is 11.5. The van der Waals surface area contributed by atoms with Crippen molar-refractivity contribution >= 4 is 44.9 Å². The minimum Gasteiger partial charge on any atom is -0.497 e. The molecule has 0 bridgehead atoms. The SMILES string of the molecule is COc1ccc(N(c2ccccc2)c2ccc(-c3ccc(N(c4ccccc4)c4ccc5ccccc5c4)cc3)cc2)cc1. The summed E-state index contributed by atoms with van der Waals surface area (Å²) in [5, 5.41) is 2.46. The Kier molecular flexibility index (Phi) is 7.51. The van der Waals surface area contributed by atoms with E-state index in [1.54, 1.807) is 7.11 Å². The van der Waals surface area contributed by atoms with Gasteiger partial charge in [-0.05, 0) is 107 Å². The summed E-state index contributed by atoms with van der Waals surface area (Å²) in [4.78, 5) is 4.57. The van der Waals surface area contributed by atoms with Crippen molar-refractivity contribution in [1.29, 1.82) is 0 Å². The fourth-order valence-electron chi connectivity index (χ4n) is 5.70. The van der Waals surface area contributed by atoms with Gasteiger partial charge in [0.2, 0.25) is 0 Å². The summed E-state index contributed by atoms with van der Waals surface area (Å²) in [6.07, 6.45) is 0. The summed E-state index contributed by atoms with van der Waals surface area (Å²) in [6, 6.07) is 61.9. The lowest BCUT2D eigenvalue weighted by atomic mass is 10.0. The lowest BCUT2D eigenvalue weighted by molar-refractivity contribution is 0.415. The second-order valence-corrected chi connectivity index (χ2v) is 10.7. The van der Waals surface area contributed by atoms with Crippen molar-refractivity contribution in [2.24, 2.45) is 0 Å². The number of anilines is 6. The summed E-state index contributed by atoms with van der Waals surface area (Å²) >= 11 is 0. The summed E-state index contributed by atoms with van der Waals surface area (Å²) in [5.41, 5.74) is 8.97. The molecule has 0 spiro atoms. The third-order valence-corrected chi connectivity index (χ3v) is 7.93. The summed E-state index contributed by atoms with van der Waals surface area (Å²) in [5.74, 6) is 0.840. The van der Waals surface area contributed by atoms with Crippen molar-refractivity contribution in [3.05, 3.63) is 176 Å². The van der Waals surface area contributed by atoms with Crippen molar-refractivity contribution in [2.45, 2.75) is 0 Å². The van der Waals surface area contributed by atoms with E-state index in [9.17, 15) is 0 Å². The summed E-state index contributed by atoms with van der Waals surface area (Å²) < 4.78 is 5.39. The number of para-hydroxylation sites is 2. The standard InChI is InChI=1S/C41H32N2O/c1-44-41-28-26-39(27-29-41)42(35-12-4-2-5-13-35)37-21-16-32(17-22-37)33-18-23-38(24-19-33)43(36-14-6-3-7-15-36)40-25-20-31-10-8-9-11-34(31)30-40/h2-30H,1H3. The Balaban J connectivity index is 1.21. The largest absolute Gasteiger partial charge is 0.497 e. The maximum Gasteiger partial charge on any atom is 0.119 e. The van der Waals surface area contributed by atoms with Gasteiger partial charge in [0.1, 0.15) is 5.75 Å². The Labute approximate surface area is 258 Å². The minimum absolute atomic E-state index is 0.840. The number of rotatable bonds is 8. The highest BCUT2D eigenvalue weighted by atomic mass is 16.5. The molecule has 3 nitrogen and oxygen atoms in total. The van der Waals surface area contributed by atoms with Crippen LogP contribution in [0, 0.1) is 0 Å². The van der Waals surface area contributed by atoms with E-state index >= 15 is 0 Å². The molecular formula is C41H32N2O. The van der Waals surface area contributed by atoms with Gasteiger partial charge in [-0.3, -0.25) is 0 Å². The first kappa shape index (κ1) is 27.1. The summed E-state index contributed by atoms with van der Waals surface area (Å²) in [6.45, 7) is 0. The van der Waals surface area contributed by atoms with E-state index in [-0.39, 0.29) is 0 Å². The van der Waals surface area contributed by atoms with Crippen molar-refractivity contribution < 1.29 is 4.74 Å². The van der Waals surface area contributed by atoms with Gasteiger partial charge < -0.3 is 14.5 Å². The fourth-order valence-corrected chi connectivity index (χ4v) is 5.70. The van der Waals surface area contributed by atoms with Crippen LogP contribution in [0.15, 0.2) is 176 Å².